The number of benzene rings is 1. The highest BCUT2D eigenvalue weighted by molar-refractivity contribution is 6.35. The third kappa shape index (κ3) is 3.41. The van der Waals surface area contributed by atoms with Gasteiger partial charge in [-0.3, -0.25) is 0 Å². The summed E-state index contributed by atoms with van der Waals surface area (Å²) in [6, 6.07) is 7.57. The van der Waals surface area contributed by atoms with E-state index >= 15 is 0 Å². The Bertz CT molecular complexity index is 380. The van der Waals surface area contributed by atoms with Crippen LogP contribution in [0.1, 0.15) is 31.7 Å². The predicted octanol–water partition coefficient (Wildman–Crippen LogP) is 4.65. The SMILES string of the molecule is CC(C)CC(C#N)c1ccc(Cl)cc1Cl. The third-order valence-electron chi connectivity index (χ3n) is 2.20. The van der Waals surface area contributed by atoms with Crippen molar-refractivity contribution < 1.29 is 0 Å². The zero-order chi connectivity index (χ0) is 11.4. The molecule has 0 spiro atoms. The lowest BCUT2D eigenvalue weighted by atomic mass is 9.91. The van der Waals surface area contributed by atoms with Crippen LogP contribution in [0.2, 0.25) is 10.0 Å². The smallest absolute Gasteiger partial charge is 0.0729 e. The highest BCUT2D eigenvalue weighted by Crippen LogP contribution is 2.30. The molecular formula is C12H13Cl2N. The van der Waals surface area contributed by atoms with Crippen LogP contribution in [0.4, 0.5) is 0 Å². The van der Waals surface area contributed by atoms with Crippen molar-refractivity contribution in [3.63, 3.8) is 0 Å². The lowest BCUT2D eigenvalue weighted by Gasteiger charge is -2.13. The van der Waals surface area contributed by atoms with E-state index in [0.717, 1.165) is 12.0 Å². The number of hydrogen-bond acceptors (Lipinski definition) is 1. The fraction of sp³-hybridized carbons (Fsp3) is 0.417. The molecule has 1 nitrogen and oxygen atoms in total. The van der Waals surface area contributed by atoms with E-state index in [-0.39, 0.29) is 5.92 Å². The molecule has 0 saturated carbocycles. The maximum atomic E-state index is 9.08. The third-order valence-corrected chi connectivity index (χ3v) is 2.76. The molecule has 1 unspecified atom stereocenters. The Balaban J connectivity index is 2.98. The summed E-state index contributed by atoms with van der Waals surface area (Å²) in [5.74, 6) is 0.330. The Morgan fingerprint density at radius 3 is 2.47 bits per heavy atom. The Labute approximate surface area is 101 Å². The number of nitrogens with zero attached hydrogens (tertiary/aromatic N) is 1. The first-order chi connectivity index (χ1) is 7.04. The molecule has 15 heavy (non-hydrogen) atoms. The molecule has 0 radical (unpaired) electrons. The summed E-state index contributed by atoms with van der Waals surface area (Å²) in [4.78, 5) is 0. The molecule has 0 aliphatic heterocycles. The Morgan fingerprint density at radius 1 is 1.33 bits per heavy atom. The van der Waals surface area contributed by atoms with Crippen molar-refractivity contribution in [1.82, 2.24) is 0 Å². The first kappa shape index (κ1) is 12.4. The van der Waals surface area contributed by atoms with Crippen molar-refractivity contribution in [2.24, 2.45) is 5.92 Å². The van der Waals surface area contributed by atoms with Gasteiger partial charge in [0.25, 0.3) is 0 Å². The van der Waals surface area contributed by atoms with Crippen LogP contribution in [0.3, 0.4) is 0 Å². The second kappa shape index (κ2) is 5.39. The molecule has 1 aromatic carbocycles. The van der Waals surface area contributed by atoms with Crippen LogP contribution in [0.25, 0.3) is 0 Å². The summed E-state index contributed by atoms with van der Waals surface area (Å²) in [6.45, 7) is 4.18. The van der Waals surface area contributed by atoms with E-state index in [0.29, 0.717) is 16.0 Å². The minimum Gasteiger partial charge on any atom is -0.198 e. The summed E-state index contributed by atoms with van der Waals surface area (Å²) >= 11 is 11.9. The first-order valence-corrected chi connectivity index (χ1v) is 5.64. The van der Waals surface area contributed by atoms with Crippen LogP contribution in [-0.2, 0) is 0 Å². The van der Waals surface area contributed by atoms with Crippen LogP contribution >= 0.6 is 23.2 Å². The number of nitriles is 1. The van der Waals surface area contributed by atoms with Crippen molar-refractivity contribution in [2.45, 2.75) is 26.2 Å². The average Bonchev–Trinajstić information content (AvgIpc) is 2.14. The summed E-state index contributed by atoms with van der Waals surface area (Å²) in [5, 5.41) is 10.3. The normalized spacial score (nSPS) is 12.5. The molecule has 0 aliphatic carbocycles. The molecule has 3 heteroatoms. The monoisotopic (exact) mass is 241 g/mol. The maximum absolute atomic E-state index is 9.08. The van der Waals surface area contributed by atoms with Gasteiger partial charge < -0.3 is 0 Å². The van der Waals surface area contributed by atoms with E-state index in [4.69, 9.17) is 28.5 Å². The van der Waals surface area contributed by atoms with Gasteiger partial charge in [-0.15, -0.1) is 0 Å². The standard InChI is InChI=1S/C12H13Cl2N/c1-8(2)5-9(7-15)11-4-3-10(13)6-12(11)14/h3-4,6,8-9H,5H2,1-2H3. The van der Waals surface area contributed by atoms with Crippen molar-refractivity contribution in [3.05, 3.63) is 33.8 Å². The van der Waals surface area contributed by atoms with Crippen molar-refractivity contribution in [3.8, 4) is 6.07 Å². The van der Waals surface area contributed by atoms with Crippen molar-refractivity contribution in [2.75, 3.05) is 0 Å². The fourth-order valence-corrected chi connectivity index (χ4v) is 2.04. The minimum absolute atomic E-state index is 0.144. The van der Waals surface area contributed by atoms with Crippen LogP contribution in [0, 0.1) is 17.2 Å². The van der Waals surface area contributed by atoms with Crippen LogP contribution in [0.5, 0.6) is 0 Å². The summed E-state index contributed by atoms with van der Waals surface area (Å²) < 4.78 is 0. The highest BCUT2D eigenvalue weighted by Gasteiger charge is 2.15. The van der Waals surface area contributed by atoms with Gasteiger partial charge >= 0.3 is 0 Å². The van der Waals surface area contributed by atoms with E-state index < -0.39 is 0 Å². The molecule has 1 aromatic rings. The second-order valence-corrected chi connectivity index (χ2v) is 4.82. The zero-order valence-corrected chi connectivity index (χ0v) is 10.3. The van der Waals surface area contributed by atoms with E-state index in [1.54, 1.807) is 12.1 Å². The van der Waals surface area contributed by atoms with Crippen molar-refractivity contribution in [1.29, 1.82) is 5.26 Å². The molecule has 0 aromatic heterocycles. The van der Waals surface area contributed by atoms with Gasteiger partial charge in [0.1, 0.15) is 0 Å². The Morgan fingerprint density at radius 2 is 2.00 bits per heavy atom. The van der Waals surface area contributed by atoms with Gasteiger partial charge in [0.05, 0.1) is 12.0 Å². The topological polar surface area (TPSA) is 23.8 Å². The van der Waals surface area contributed by atoms with Gasteiger partial charge in [0, 0.05) is 10.0 Å². The Hall–Kier alpha value is -0.710. The lowest BCUT2D eigenvalue weighted by Crippen LogP contribution is -2.01. The molecule has 1 rings (SSSR count). The van der Waals surface area contributed by atoms with Gasteiger partial charge in [0.2, 0.25) is 0 Å². The molecule has 0 fully saturated rings. The van der Waals surface area contributed by atoms with Gasteiger partial charge in [-0.25, -0.2) is 0 Å². The quantitative estimate of drug-likeness (QED) is 0.756. The molecule has 0 N–H and O–H groups in total. The zero-order valence-electron chi connectivity index (χ0n) is 8.80. The van der Waals surface area contributed by atoms with E-state index in [1.165, 1.54) is 0 Å². The number of rotatable bonds is 3. The predicted molar refractivity (Wildman–Crippen MR) is 64.3 cm³/mol. The van der Waals surface area contributed by atoms with Gasteiger partial charge in [-0.2, -0.15) is 5.26 Å². The van der Waals surface area contributed by atoms with Crippen LogP contribution in [0.15, 0.2) is 18.2 Å². The summed E-state index contributed by atoms with van der Waals surface area (Å²) in [6.07, 6.45) is 0.817. The fourth-order valence-electron chi connectivity index (χ4n) is 1.50. The minimum atomic E-state index is -0.144. The number of halogens is 2. The largest absolute Gasteiger partial charge is 0.198 e. The molecule has 0 heterocycles. The molecule has 0 saturated heterocycles. The van der Waals surface area contributed by atoms with Gasteiger partial charge in [0.15, 0.2) is 0 Å². The molecule has 80 valence electrons. The van der Waals surface area contributed by atoms with Crippen LogP contribution < -0.4 is 0 Å². The van der Waals surface area contributed by atoms with Crippen molar-refractivity contribution >= 4 is 23.2 Å². The number of hydrogen-bond donors (Lipinski definition) is 0. The molecule has 0 aliphatic rings. The lowest BCUT2D eigenvalue weighted by molar-refractivity contribution is 0.555. The summed E-state index contributed by atoms with van der Waals surface area (Å²) in [5.41, 5.74) is 0.872. The molecule has 0 bridgehead atoms. The van der Waals surface area contributed by atoms with E-state index in [9.17, 15) is 0 Å². The summed E-state index contributed by atoms with van der Waals surface area (Å²) in [7, 11) is 0. The highest BCUT2D eigenvalue weighted by atomic mass is 35.5. The van der Waals surface area contributed by atoms with E-state index in [1.807, 2.05) is 6.07 Å². The van der Waals surface area contributed by atoms with E-state index in [2.05, 4.69) is 19.9 Å². The first-order valence-electron chi connectivity index (χ1n) is 4.89. The molecule has 0 amide bonds. The maximum Gasteiger partial charge on any atom is 0.0729 e. The van der Waals surface area contributed by atoms with Crippen LogP contribution in [-0.4, -0.2) is 0 Å². The molecular weight excluding hydrogens is 229 g/mol. The Kier molecular flexibility index (Phi) is 4.45. The average molecular weight is 242 g/mol. The second-order valence-electron chi connectivity index (χ2n) is 3.98. The molecule has 1 atom stereocenters. The van der Waals surface area contributed by atoms with Gasteiger partial charge in [-0.05, 0) is 30.0 Å². The van der Waals surface area contributed by atoms with Gasteiger partial charge in [-0.1, -0.05) is 43.1 Å².